The minimum atomic E-state index is -0.340. The molecule has 0 radical (unpaired) electrons. The third-order valence-electron chi connectivity index (χ3n) is 4.25. The van der Waals surface area contributed by atoms with Gasteiger partial charge in [-0.1, -0.05) is 59.8 Å². The van der Waals surface area contributed by atoms with E-state index in [0.29, 0.717) is 16.1 Å². The van der Waals surface area contributed by atoms with E-state index in [0.717, 1.165) is 16.8 Å². The van der Waals surface area contributed by atoms with E-state index in [1.165, 1.54) is 11.8 Å². The van der Waals surface area contributed by atoms with Gasteiger partial charge in [-0.2, -0.15) is 0 Å². The van der Waals surface area contributed by atoms with E-state index in [-0.39, 0.29) is 17.7 Å². The van der Waals surface area contributed by atoms with Crippen LogP contribution in [-0.2, 0) is 4.79 Å². The van der Waals surface area contributed by atoms with Crippen LogP contribution in [0.2, 0.25) is 5.02 Å². The summed E-state index contributed by atoms with van der Waals surface area (Å²) < 4.78 is 5.64. The molecule has 2 aromatic heterocycles. The Kier molecular flexibility index (Phi) is 6.41. The quantitative estimate of drug-likeness (QED) is 0.420. The van der Waals surface area contributed by atoms with Gasteiger partial charge in [-0.25, -0.2) is 0 Å². The van der Waals surface area contributed by atoms with Gasteiger partial charge in [-0.05, 0) is 42.0 Å². The monoisotopic (exact) mass is 436 g/mol. The van der Waals surface area contributed by atoms with Gasteiger partial charge in [0.25, 0.3) is 5.22 Å². The van der Waals surface area contributed by atoms with E-state index >= 15 is 0 Å². The average Bonchev–Trinajstić information content (AvgIpc) is 3.27. The number of nitrogens with zero attached hydrogens (tertiary/aromatic N) is 3. The van der Waals surface area contributed by atoms with Crippen LogP contribution < -0.4 is 5.32 Å². The summed E-state index contributed by atoms with van der Waals surface area (Å²) in [5, 5.41) is 12.0. The van der Waals surface area contributed by atoms with Crippen LogP contribution in [0.25, 0.3) is 11.5 Å². The van der Waals surface area contributed by atoms with E-state index < -0.39 is 0 Å². The second-order valence-electron chi connectivity index (χ2n) is 6.33. The predicted octanol–water partition coefficient (Wildman–Crippen LogP) is 4.78. The summed E-state index contributed by atoms with van der Waals surface area (Å²) in [5.41, 5.74) is 2.49. The first-order valence-electron chi connectivity index (χ1n) is 9.16. The number of pyridine rings is 1. The van der Waals surface area contributed by atoms with Gasteiger partial charge in [0.1, 0.15) is 0 Å². The van der Waals surface area contributed by atoms with Crippen LogP contribution in [0.1, 0.15) is 17.3 Å². The van der Waals surface area contributed by atoms with Crippen molar-refractivity contribution in [2.24, 2.45) is 0 Å². The molecule has 0 aliphatic rings. The topological polar surface area (TPSA) is 80.9 Å². The Labute approximate surface area is 182 Å². The van der Waals surface area contributed by atoms with E-state index in [1.807, 2.05) is 48.5 Å². The molecule has 1 atom stereocenters. The Hall–Kier alpha value is -3.16. The van der Waals surface area contributed by atoms with Crippen molar-refractivity contribution in [1.29, 1.82) is 0 Å². The van der Waals surface area contributed by atoms with Gasteiger partial charge < -0.3 is 9.73 Å². The molecule has 30 heavy (non-hydrogen) atoms. The highest BCUT2D eigenvalue weighted by atomic mass is 35.5. The highest BCUT2D eigenvalue weighted by molar-refractivity contribution is 7.99. The van der Waals surface area contributed by atoms with E-state index in [4.69, 9.17) is 16.0 Å². The first-order valence-corrected chi connectivity index (χ1v) is 10.5. The normalized spacial score (nSPS) is 11.8. The molecule has 1 amide bonds. The van der Waals surface area contributed by atoms with Crippen molar-refractivity contribution in [3.63, 3.8) is 0 Å². The molecule has 2 heterocycles. The van der Waals surface area contributed by atoms with Gasteiger partial charge in [0.15, 0.2) is 0 Å². The lowest BCUT2D eigenvalue weighted by atomic mass is 10.0. The van der Waals surface area contributed by atoms with Crippen LogP contribution in [0, 0.1) is 0 Å². The number of carbonyl (C=O) groups is 1. The van der Waals surface area contributed by atoms with Gasteiger partial charge in [-0.15, -0.1) is 10.2 Å². The van der Waals surface area contributed by atoms with Crippen LogP contribution in [0.5, 0.6) is 0 Å². The molecule has 8 heteroatoms. The summed E-state index contributed by atoms with van der Waals surface area (Å²) in [6.07, 6.45) is 1.71. The van der Waals surface area contributed by atoms with Crippen molar-refractivity contribution in [1.82, 2.24) is 20.5 Å². The zero-order valence-electron chi connectivity index (χ0n) is 15.7. The molecule has 0 spiro atoms. The minimum absolute atomic E-state index is 0.137. The second-order valence-corrected chi connectivity index (χ2v) is 7.70. The van der Waals surface area contributed by atoms with Gasteiger partial charge >= 0.3 is 0 Å². The van der Waals surface area contributed by atoms with Crippen molar-refractivity contribution < 1.29 is 9.21 Å². The highest BCUT2D eigenvalue weighted by Gasteiger charge is 2.19. The van der Waals surface area contributed by atoms with E-state index in [9.17, 15) is 4.79 Å². The third kappa shape index (κ3) is 5.06. The summed E-state index contributed by atoms with van der Waals surface area (Å²) >= 11 is 7.08. The maximum absolute atomic E-state index is 12.6. The first kappa shape index (κ1) is 20.1. The lowest BCUT2D eigenvalue weighted by Crippen LogP contribution is -2.31. The number of hydrogen-bond acceptors (Lipinski definition) is 6. The lowest BCUT2D eigenvalue weighted by Gasteiger charge is -2.18. The summed E-state index contributed by atoms with van der Waals surface area (Å²) in [7, 11) is 0. The molecule has 2 aromatic carbocycles. The van der Waals surface area contributed by atoms with Gasteiger partial charge in [0.2, 0.25) is 11.8 Å². The predicted molar refractivity (Wildman–Crippen MR) is 116 cm³/mol. The Morgan fingerprint density at radius 2 is 1.77 bits per heavy atom. The fourth-order valence-corrected chi connectivity index (χ4v) is 3.53. The Morgan fingerprint density at radius 1 is 1.00 bits per heavy atom. The highest BCUT2D eigenvalue weighted by Crippen LogP contribution is 2.25. The maximum atomic E-state index is 12.6. The van der Waals surface area contributed by atoms with Gasteiger partial charge in [-0.3, -0.25) is 9.78 Å². The molecule has 150 valence electrons. The number of hydrogen-bond donors (Lipinski definition) is 1. The maximum Gasteiger partial charge on any atom is 0.277 e. The first-order chi connectivity index (χ1) is 14.7. The summed E-state index contributed by atoms with van der Waals surface area (Å²) in [4.78, 5) is 17.0. The molecule has 0 saturated heterocycles. The number of benzene rings is 2. The van der Waals surface area contributed by atoms with Crippen molar-refractivity contribution >= 4 is 29.3 Å². The molecule has 0 aliphatic heterocycles. The standard InChI is InChI=1S/C22H17ClN4O2S/c23-17-11-9-16(10-12-17)21-26-27-22(29-21)30-14-19(28)25-20(15-6-2-1-3-7-15)18-8-4-5-13-24-18/h1-13,20H,14H2,(H,25,28). The van der Waals surface area contributed by atoms with E-state index in [2.05, 4.69) is 20.5 Å². The summed E-state index contributed by atoms with van der Waals surface area (Å²) in [6, 6.07) is 22.1. The second kappa shape index (κ2) is 9.56. The molecule has 0 saturated carbocycles. The number of thioether (sulfide) groups is 1. The number of halogens is 1. The van der Waals surface area contributed by atoms with Crippen LogP contribution >= 0.6 is 23.4 Å². The van der Waals surface area contributed by atoms with Crippen molar-refractivity contribution in [3.8, 4) is 11.5 Å². The molecule has 0 bridgehead atoms. The van der Waals surface area contributed by atoms with Crippen LogP contribution in [-0.4, -0.2) is 26.8 Å². The summed E-state index contributed by atoms with van der Waals surface area (Å²) in [6.45, 7) is 0. The average molecular weight is 437 g/mol. The molecular weight excluding hydrogens is 420 g/mol. The Morgan fingerprint density at radius 3 is 2.50 bits per heavy atom. The molecule has 0 aliphatic carbocycles. The number of amides is 1. The molecule has 1 N–H and O–H groups in total. The van der Waals surface area contributed by atoms with Crippen molar-refractivity contribution in [2.75, 3.05) is 5.75 Å². The van der Waals surface area contributed by atoms with Crippen molar-refractivity contribution in [3.05, 3.63) is 95.3 Å². The van der Waals surface area contributed by atoms with Crippen LogP contribution in [0.15, 0.2) is 88.6 Å². The molecule has 1 unspecified atom stereocenters. The van der Waals surface area contributed by atoms with Gasteiger partial charge in [0, 0.05) is 16.8 Å². The molecular formula is C22H17ClN4O2S. The van der Waals surface area contributed by atoms with Gasteiger partial charge in [0.05, 0.1) is 17.5 Å². The molecule has 4 rings (SSSR count). The number of carbonyl (C=O) groups excluding carboxylic acids is 1. The van der Waals surface area contributed by atoms with Crippen molar-refractivity contribution in [2.45, 2.75) is 11.3 Å². The fourth-order valence-electron chi connectivity index (χ4n) is 2.83. The Bertz CT molecular complexity index is 1070. The van der Waals surface area contributed by atoms with Crippen LogP contribution in [0.4, 0.5) is 0 Å². The number of nitrogens with one attached hydrogen (secondary N) is 1. The fraction of sp³-hybridized carbons (Fsp3) is 0.0909. The lowest BCUT2D eigenvalue weighted by molar-refractivity contribution is -0.119. The zero-order chi connectivity index (χ0) is 20.8. The molecule has 4 aromatic rings. The number of rotatable bonds is 7. The van der Waals surface area contributed by atoms with E-state index in [1.54, 1.807) is 30.5 Å². The Balaban J connectivity index is 1.41. The smallest absolute Gasteiger partial charge is 0.277 e. The number of aromatic nitrogens is 3. The summed E-state index contributed by atoms with van der Waals surface area (Å²) in [5.74, 6) is 0.356. The third-order valence-corrected chi connectivity index (χ3v) is 5.32. The molecule has 6 nitrogen and oxygen atoms in total. The molecule has 0 fully saturated rings. The SMILES string of the molecule is O=C(CSc1nnc(-c2ccc(Cl)cc2)o1)NC(c1ccccc1)c1ccccn1. The minimum Gasteiger partial charge on any atom is -0.411 e. The zero-order valence-corrected chi connectivity index (χ0v) is 17.3. The van der Waals surface area contributed by atoms with Crippen LogP contribution in [0.3, 0.4) is 0 Å². The largest absolute Gasteiger partial charge is 0.411 e.